The Hall–Kier alpha value is -4.18. The molecule has 1 fully saturated rings. The Bertz CT molecular complexity index is 1360. The van der Waals surface area contributed by atoms with Crippen LogP contribution in [-0.4, -0.2) is 35.1 Å². The van der Waals surface area contributed by atoms with Crippen LogP contribution in [0.1, 0.15) is 36.6 Å². The molecule has 0 aliphatic carbocycles. The summed E-state index contributed by atoms with van der Waals surface area (Å²) in [6.07, 6.45) is 6.23. The Morgan fingerprint density at radius 3 is 2.80 bits per heavy atom. The largest absolute Gasteiger partial charge is 0.496 e. The minimum atomic E-state index is -0.617. The molecule has 3 heterocycles. The van der Waals surface area contributed by atoms with Crippen molar-refractivity contribution >= 4 is 11.9 Å². The second-order valence-electron chi connectivity index (χ2n) is 8.91. The van der Waals surface area contributed by atoms with Crippen molar-refractivity contribution in [2.75, 3.05) is 13.7 Å². The number of hydrogen-bond donors (Lipinski definition) is 0. The first-order chi connectivity index (χ1) is 17.0. The molecule has 2 aliphatic heterocycles. The zero-order valence-corrected chi connectivity index (χ0v) is 19.7. The van der Waals surface area contributed by atoms with E-state index < -0.39 is 5.72 Å². The number of rotatable bonds is 5. The van der Waals surface area contributed by atoms with Crippen LogP contribution in [0.15, 0.2) is 71.5 Å². The molecule has 1 saturated heterocycles. The van der Waals surface area contributed by atoms with Gasteiger partial charge in [0.2, 0.25) is 5.72 Å². The molecule has 0 saturated carbocycles. The van der Waals surface area contributed by atoms with Gasteiger partial charge in [-0.15, -0.1) is 0 Å². The van der Waals surface area contributed by atoms with Gasteiger partial charge in [0.1, 0.15) is 23.3 Å². The molecule has 0 bridgehead atoms. The lowest BCUT2D eigenvalue weighted by Crippen LogP contribution is -2.50. The first-order valence-corrected chi connectivity index (χ1v) is 11.5. The van der Waals surface area contributed by atoms with Crippen LogP contribution in [0.5, 0.6) is 5.75 Å². The van der Waals surface area contributed by atoms with Crippen molar-refractivity contribution in [1.82, 2.24) is 9.88 Å². The van der Waals surface area contributed by atoms with Gasteiger partial charge in [-0.05, 0) is 78.4 Å². The van der Waals surface area contributed by atoms with Crippen molar-refractivity contribution < 1.29 is 14.0 Å². The highest BCUT2D eigenvalue weighted by Gasteiger charge is 2.44. The summed E-state index contributed by atoms with van der Waals surface area (Å²) >= 11 is 0. The van der Waals surface area contributed by atoms with Gasteiger partial charge in [-0.3, -0.25) is 0 Å². The summed E-state index contributed by atoms with van der Waals surface area (Å²) in [6.45, 7) is 2.87. The van der Waals surface area contributed by atoms with Crippen LogP contribution < -0.4 is 4.74 Å². The highest BCUT2D eigenvalue weighted by atomic mass is 19.1. The number of ether oxygens (including phenoxy) is 1. The van der Waals surface area contributed by atoms with E-state index in [1.165, 1.54) is 12.1 Å². The molecule has 0 radical (unpaired) electrons. The normalized spacial score (nSPS) is 20.1. The molecule has 0 spiro atoms. The first-order valence-electron chi connectivity index (χ1n) is 11.5. The summed E-state index contributed by atoms with van der Waals surface area (Å²) in [7, 11) is 1.64. The first kappa shape index (κ1) is 22.6. The van der Waals surface area contributed by atoms with Gasteiger partial charge in [-0.25, -0.2) is 9.37 Å². The minimum Gasteiger partial charge on any atom is -0.496 e. The van der Waals surface area contributed by atoms with Gasteiger partial charge in [0.15, 0.2) is 5.84 Å². The average Bonchev–Trinajstić information content (AvgIpc) is 3.22. The summed E-state index contributed by atoms with van der Waals surface area (Å²) in [5.74, 6) is 1.31. The molecule has 5 rings (SSSR count). The SMILES string of the molecule is COc1cc(/C=C2\CCCN3C2=NOC3(C)Cc2ccc(F)cc2)ccc1-c1ccnc(C#N)c1. The van der Waals surface area contributed by atoms with Gasteiger partial charge < -0.3 is 14.5 Å². The third-order valence-electron chi connectivity index (χ3n) is 6.47. The summed E-state index contributed by atoms with van der Waals surface area (Å²) in [5.41, 5.74) is 4.61. The van der Waals surface area contributed by atoms with Crippen LogP contribution in [0.4, 0.5) is 4.39 Å². The van der Waals surface area contributed by atoms with Crippen LogP contribution in [0.3, 0.4) is 0 Å². The van der Waals surface area contributed by atoms with E-state index in [0.717, 1.165) is 53.0 Å². The van der Waals surface area contributed by atoms with Crippen molar-refractivity contribution in [3.8, 4) is 22.9 Å². The Balaban J connectivity index is 1.41. The fourth-order valence-corrected chi connectivity index (χ4v) is 4.72. The molecule has 0 N–H and O–H groups in total. The lowest BCUT2D eigenvalue weighted by atomic mass is 9.95. The standard InChI is InChI=1S/C28H25FN4O2/c1-28(17-19-5-8-23(29)9-6-19)33-13-3-4-22(27(33)32-35-28)14-20-7-10-25(26(15-20)34-2)21-11-12-31-24(16-21)18-30/h5-12,14-16H,3-4,13,17H2,1-2H3/b22-14+. The Morgan fingerprint density at radius 1 is 1.20 bits per heavy atom. The van der Waals surface area contributed by atoms with Gasteiger partial charge >= 0.3 is 0 Å². The topological polar surface area (TPSA) is 70.7 Å². The number of benzene rings is 2. The Morgan fingerprint density at radius 2 is 2.03 bits per heavy atom. The predicted octanol–water partition coefficient (Wildman–Crippen LogP) is 5.55. The number of piperidine rings is 1. The lowest BCUT2D eigenvalue weighted by Gasteiger charge is -2.37. The van der Waals surface area contributed by atoms with Gasteiger partial charge in [0, 0.05) is 24.7 Å². The maximum Gasteiger partial charge on any atom is 0.212 e. The summed E-state index contributed by atoms with van der Waals surface area (Å²) in [4.78, 5) is 12.2. The van der Waals surface area contributed by atoms with Crippen LogP contribution in [-0.2, 0) is 11.3 Å². The van der Waals surface area contributed by atoms with E-state index in [-0.39, 0.29) is 5.82 Å². The van der Waals surface area contributed by atoms with Crippen molar-refractivity contribution in [2.24, 2.45) is 5.16 Å². The van der Waals surface area contributed by atoms with Crippen molar-refractivity contribution in [3.05, 3.63) is 89.0 Å². The Labute approximate surface area is 203 Å². The quantitative estimate of drug-likeness (QED) is 0.491. The van der Waals surface area contributed by atoms with Gasteiger partial charge in [-0.2, -0.15) is 5.26 Å². The van der Waals surface area contributed by atoms with Crippen molar-refractivity contribution in [2.45, 2.75) is 31.9 Å². The van der Waals surface area contributed by atoms with Gasteiger partial charge in [-0.1, -0.05) is 29.4 Å². The maximum atomic E-state index is 13.3. The van der Waals surface area contributed by atoms with Crippen LogP contribution >= 0.6 is 0 Å². The van der Waals surface area contributed by atoms with Crippen molar-refractivity contribution in [1.29, 1.82) is 5.26 Å². The van der Waals surface area contributed by atoms with E-state index in [1.54, 1.807) is 31.5 Å². The molecular weight excluding hydrogens is 443 g/mol. The molecule has 1 atom stereocenters. The third-order valence-corrected chi connectivity index (χ3v) is 6.47. The number of nitriles is 1. The molecule has 35 heavy (non-hydrogen) atoms. The molecule has 6 nitrogen and oxygen atoms in total. The predicted molar refractivity (Wildman–Crippen MR) is 132 cm³/mol. The van der Waals surface area contributed by atoms with E-state index in [1.807, 2.05) is 31.2 Å². The third kappa shape index (κ3) is 4.47. The molecule has 176 valence electrons. The highest BCUT2D eigenvalue weighted by molar-refractivity contribution is 6.03. The molecule has 0 amide bonds. The number of nitrogens with zero attached hydrogens (tertiary/aromatic N) is 4. The molecule has 7 heteroatoms. The van der Waals surface area contributed by atoms with E-state index in [0.29, 0.717) is 17.9 Å². The molecule has 2 aliphatic rings. The van der Waals surface area contributed by atoms with Gasteiger partial charge in [0.25, 0.3) is 0 Å². The van der Waals surface area contributed by atoms with E-state index >= 15 is 0 Å². The molecule has 1 unspecified atom stereocenters. The lowest BCUT2D eigenvalue weighted by molar-refractivity contribution is -0.0840. The average molecular weight is 469 g/mol. The van der Waals surface area contributed by atoms with Crippen molar-refractivity contribution in [3.63, 3.8) is 0 Å². The number of methoxy groups -OCH3 is 1. The zero-order valence-electron chi connectivity index (χ0n) is 19.7. The summed E-state index contributed by atoms with van der Waals surface area (Å²) in [5, 5.41) is 13.6. The second-order valence-corrected chi connectivity index (χ2v) is 8.91. The van der Waals surface area contributed by atoms with Crippen LogP contribution in [0, 0.1) is 17.1 Å². The number of pyridine rings is 1. The molecule has 2 aromatic carbocycles. The number of amidine groups is 1. The fraction of sp³-hybridized carbons (Fsp3) is 0.250. The van der Waals surface area contributed by atoms with Crippen LogP contribution in [0.25, 0.3) is 17.2 Å². The summed E-state index contributed by atoms with van der Waals surface area (Å²) < 4.78 is 19.0. The maximum absolute atomic E-state index is 13.3. The Kier molecular flexibility index (Phi) is 5.96. The summed E-state index contributed by atoms with van der Waals surface area (Å²) in [6, 6.07) is 18.2. The number of oxime groups is 1. The monoisotopic (exact) mass is 468 g/mol. The number of hydrogen-bond acceptors (Lipinski definition) is 6. The number of aromatic nitrogens is 1. The number of fused-ring (bicyclic) bond motifs is 1. The molecule has 3 aromatic rings. The highest BCUT2D eigenvalue weighted by Crippen LogP contribution is 2.37. The van der Waals surface area contributed by atoms with E-state index in [9.17, 15) is 9.65 Å². The molecule has 1 aromatic heterocycles. The zero-order chi connectivity index (χ0) is 24.4. The second kappa shape index (κ2) is 9.22. The van der Waals surface area contributed by atoms with E-state index in [4.69, 9.17) is 9.57 Å². The van der Waals surface area contributed by atoms with Crippen LogP contribution in [0.2, 0.25) is 0 Å². The minimum absolute atomic E-state index is 0.248. The van der Waals surface area contributed by atoms with E-state index in [2.05, 4.69) is 27.2 Å². The fourth-order valence-electron chi connectivity index (χ4n) is 4.72. The smallest absolute Gasteiger partial charge is 0.212 e. The van der Waals surface area contributed by atoms with Gasteiger partial charge in [0.05, 0.1) is 7.11 Å². The molecular formula is C28H25FN4O2. The number of halogens is 1.